The van der Waals surface area contributed by atoms with Gasteiger partial charge in [0.1, 0.15) is 0 Å². The monoisotopic (exact) mass is 282 g/mol. The van der Waals surface area contributed by atoms with Gasteiger partial charge in [-0.2, -0.15) is 0 Å². The van der Waals surface area contributed by atoms with Crippen LogP contribution in [0.2, 0.25) is 0 Å². The normalized spacial score (nSPS) is 29.4. The first-order valence-corrected chi connectivity index (χ1v) is 7.92. The summed E-state index contributed by atoms with van der Waals surface area (Å²) < 4.78 is 10.9. The van der Waals surface area contributed by atoms with Crippen molar-refractivity contribution < 1.29 is 14.3 Å². The van der Waals surface area contributed by atoms with E-state index in [-0.39, 0.29) is 11.3 Å². The molecular weight excluding hydrogens is 256 g/mol. The highest BCUT2D eigenvalue weighted by molar-refractivity contribution is 5.83. The van der Waals surface area contributed by atoms with Crippen molar-refractivity contribution in [1.82, 2.24) is 4.90 Å². The first-order chi connectivity index (χ1) is 9.75. The van der Waals surface area contributed by atoms with E-state index in [1.807, 2.05) is 0 Å². The summed E-state index contributed by atoms with van der Waals surface area (Å²) in [5.41, 5.74) is 5.60. The molecule has 0 spiro atoms. The Balaban J connectivity index is 1.70. The van der Waals surface area contributed by atoms with Gasteiger partial charge >= 0.3 is 0 Å². The van der Waals surface area contributed by atoms with Gasteiger partial charge in [-0.05, 0) is 32.1 Å². The van der Waals surface area contributed by atoms with Crippen LogP contribution < -0.4 is 5.73 Å². The second-order valence-electron chi connectivity index (χ2n) is 6.52. The fraction of sp³-hybridized carbons (Fsp3) is 0.933. The second-order valence-corrected chi connectivity index (χ2v) is 6.52. The van der Waals surface area contributed by atoms with Gasteiger partial charge in [-0.1, -0.05) is 0 Å². The number of nitrogens with two attached hydrogens (primary N) is 1. The van der Waals surface area contributed by atoms with Crippen molar-refractivity contribution in [2.24, 2.45) is 17.1 Å². The van der Waals surface area contributed by atoms with Crippen LogP contribution in [0.15, 0.2) is 0 Å². The van der Waals surface area contributed by atoms with Gasteiger partial charge in [-0.15, -0.1) is 0 Å². The van der Waals surface area contributed by atoms with Crippen LogP contribution in [-0.4, -0.2) is 56.4 Å². The average Bonchev–Trinajstić information content (AvgIpc) is 3.21. The van der Waals surface area contributed by atoms with E-state index in [9.17, 15) is 4.79 Å². The summed E-state index contributed by atoms with van der Waals surface area (Å²) in [5.74, 6) is 0.784. The summed E-state index contributed by atoms with van der Waals surface area (Å²) in [5, 5.41) is 0. The van der Waals surface area contributed by atoms with Crippen molar-refractivity contribution in [2.45, 2.75) is 38.1 Å². The van der Waals surface area contributed by atoms with Crippen molar-refractivity contribution in [3.8, 4) is 0 Å². The third-order valence-electron chi connectivity index (χ3n) is 5.02. The highest BCUT2D eigenvalue weighted by atomic mass is 16.5. The van der Waals surface area contributed by atoms with E-state index >= 15 is 0 Å². The zero-order valence-corrected chi connectivity index (χ0v) is 12.2. The average molecular weight is 282 g/mol. The van der Waals surface area contributed by atoms with Crippen LogP contribution in [0.5, 0.6) is 0 Å². The van der Waals surface area contributed by atoms with E-state index < -0.39 is 0 Å². The van der Waals surface area contributed by atoms with E-state index in [4.69, 9.17) is 15.2 Å². The Morgan fingerprint density at radius 3 is 2.45 bits per heavy atom. The van der Waals surface area contributed by atoms with Crippen molar-refractivity contribution in [2.75, 3.05) is 39.5 Å². The van der Waals surface area contributed by atoms with Crippen LogP contribution in [0.25, 0.3) is 0 Å². The molecule has 0 aromatic rings. The summed E-state index contributed by atoms with van der Waals surface area (Å²) in [6, 6.07) is 0.453. The molecular formula is C15H26N2O3. The molecule has 1 amide bonds. The van der Waals surface area contributed by atoms with Crippen LogP contribution in [0, 0.1) is 11.3 Å². The van der Waals surface area contributed by atoms with Crippen LogP contribution in [0.4, 0.5) is 0 Å². The molecule has 5 nitrogen and oxygen atoms in total. The predicted octanol–water partition coefficient (Wildman–Crippen LogP) is 0.769. The molecule has 20 heavy (non-hydrogen) atoms. The molecule has 1 saturated carbocycles. The first kappa shape index (κ1) is 14.3. The third kappa shape index (κ3) is 2.85. The molecule has 114 valence electrons. The quantitative estimate of drug-likeness (QED) is 0.809. The highest BCUT2D eigenvalue weighted by Gasteiger charge is 2.45. The topological polar surface area (TPSA) is 64.8 Å². The minimum absolute atomic E-state index is 0.276. The molecule has 0 aromatic carbocycles. The third-order valence-corrected chi connectivity index (χ3v) is 5.02. The lowest BCUT2D eigenvalue weighted by molar-refractivity contribution is -0.148. The van der Waals surface area contributed by atoms with E-state index in [0.717, 1.165) is 51.9 Å². The number of amides is 1. The van der Waals surface area contributed by atoms with Crippen molar-refractivity contribution in [3.05, 3.63) is 0 Å². The van der Waals surface area contributed by atoms with Gasteiger partial charge in [0.05, 0.1) is 12.0 Å². The maximum absolute atomic E-state index is 13.1. The van der Waals surface area contributed by atoms with E-state index in [1.165, 1.54) is 0 Å². The smallest absolute Gasteiger partial charge is 0.230 e. The van der Waals surface area contributed by atoms with Crippen LogP contribution >= 0.6 is 0 Å². The zero-order valence-electron chi connectivity index (χ0n) is 12.2. The molecule has 0 aromatic heterocycles. The SMILES string of the molecule is NCC1(C(=O)N(CC2CCOC2)C2CC2)CCOCC1. The van der Waals surface area contributed by atoms with E-state index in [2.05, 4.69) is 4.90 Å². The Morgan fingerprint density at radius 2 is 1.90 bits per heavy atom. The molecule has 3 aliphatic rings. The molecule has 0 bridgehead atoms. The second kappa shape index (κ2) is 6.00. The Hall–Kier alpha value is -0.650. The van der Waals surface area contributed by atoms with Crippen molar-refractivity contribution in [3.63, 3.8) is 0 Å². The molecule has 3 fully saturated rings. The number of carbonyl (C=O) groups is 1. The van der Waals surface area contributed by atoms with Gasteiger partial charge in [-0.3, -0.25) is 4.79 Å². The zero-order chi connectivity index (χ0) is 14.0. The molecule has 2 aliphatic heterocycles. The Bertz CT molecular complexity index is 345. The van der Waals surface area contributed by atoms with Gasteiger partial charge in [0.15, 0.2) is 0 Å². The van der Waals surface area contributed by atoms with Gasteiger partial charge in [0, 0.05) is 44.9 Å². The van der Waals surface area contributed by atoms with Gasteiger partial charge in [0.25, 0.3) is 0 Å². The Labute approximate surface area is 120 Å². The van der Waals surface area contributed by atoms with Crippen LogP contribution in [-0.2, 0) is 14.3 Å². The number of hydrogen-bond donors (Lipinski definition) is 1. The lowest BCUT2D eigenvalue weighted by Crippen LogP contribution is -2.52. The molecule has 2 N–H and O–H groups in total. The van der Waals surface area contributed by atoms with Gasteiger partial charge in [0.2, 0.25) is 5.91 Å². The predicted molar refractivity (Wildman–Crippen MR) is 75.2 cm³/mol. The largest absolute Gasteiger partial charge is 0.381 e. The molecule has 0 radical (unpaired) electrons. The van der Waals surface area contributed by atoms with Gasteiger partial charge < -0.3 is 20.1 Å². The fourth-order valence-electron chi connectivity index (χ4n) is 3.36. The lowest BCUT2D eigenvalue weighted by atomic mass is 9.78. The number of nitrogens with zero attached hydrogens (tertiary/aromatic N) is 1. The summed E-state index contributed by atoms with van der Waals surface area (Å²) in [4.78, 5) is 15.2. The number of rotatable bonds is 5. The van der Waals surface area contributed by atoms with Crippen LogP contribution in [0.1, 0.15) is 32.1 Å². The fourth-order valence-corrected chi connectivity index (χ4v) is 3.36. The molecule has 3 rings (SSSR count). The highest BCUT2D eigenvalue weighted by Crippen LogP contribution is 2.37. The van der Waals surface area contributed by atoms with E-state index in [0.29, 0.717) is 31.7 Å². The number of carbonyl (C=O) groups excluding carboxylic acids is 1. The molecule has 5 heteroatoms. The summed E-state index contributed by atoms with van der Waals surface area (Å²) in [6.45, 7) is 4.26. The standard InChI is InChI=1S/C15H26N2O3/c16-11-15(4-7-19-8-5-15)14(18)17(13-1-2-13)9-12-3-6-20-10-12/h12-13H,1-11,16H2. The molecule has 1 aliphatic carbocycles. The molecule has 1 unspecified atom stereocenters. The molecule has 2 saturated heterocycles. The van der Waals surface area contributed by atoms with Crippen LogP contribution in [0.3, 0.4) is 0 Å². The lowest BCUT2D eigenvalue weighted by Gasteiger charge is -2.39. The van der Waals surface area contributed by atoms with E-state index in [1.54, 1.807) is 0 Å². The Kier molecular flexibility index (Phi) is 4.29. The van der Waals surface area contributed by atoms with Crippen molar-refractivity contribution >= 4 is 5.91 Å². The summed E-state index contributed by atoms with van der Waals surface area (Å²) in [6.07, 6.45) is 4.92. The van der Waals surface area contributed by atoms with Crippen molar-refractivity contribution in [1.29, 1.82) is 0 Å². The van der Waals surface area contributed by atoms with Gasteiger partial charge in [-0.25, -0.2) is 0 Å². The maximum atomic E-state index is 13.1. The Morgan fingerprint density at radius 1 is 1.15 bits per heavy atom. The minimum Gasteiger partial charge on any atom is -0.381 e. The number of ether oxygens (including phenoxy) is 2. The minimum atomic E-state index is -0.375. The number of hydrogen-bond acceptors (Lipinski definition) is 4. The first-order valence-electron chi connectivity index (χ1n) is 7.92. The maximum Gasteiger partial charge on any atom is 0.230 e. The summed E-state index contributed by atoms with van der Waals surface area (Å²) in [7, 11) is 0. The molecule has 1 atom stereocenters. The summed E-state index contributed by atoms with van der Waals surface area (Å²) >= 11 is 0. The molecule has 2 heterocycles.